The standard InChI is InChI=1S/C12H10O.C2H6O2/c13-12-8-6-11(7-9-12)10-4-2-1-3-5-10;3-1-2-4/h1-9,13H;3-4H,1-2H2. The van der Waals surface area contributed by atoms with Gasteiger partial charge in [0.25, 0.3) is 0 Å². The van der Waals surface area contributed by atoms with E-state index in [1.54, 1.807) is 12.1 Å². The van der Waals surface area contributed by atoms with Crippen LogP contribution in [0.2, 0.25) is 0 Å². The zero-order chi connectivity index (χ0) is 12.5. The molecule has 0 unspecified atom stereocenters. The van der Waals surface area contributed by atoms with E-state index in [9.17, 15) is 0 Å². The van der Waals surface area contributed by atoms with Crippen LogP contribution in [0.5, 0.6) is 5.75 Å². The van der Waals surface area contributed by atoms with E-state index >= 15 is 0 Å². The van der Waals surface area contributed by atoms with Gasteiger partial charge in [-0.05, 0) is 23.3 Å². The van der Waals surface area contributed by atoms with E-state index < -0.39 is 0 Å². The molecule has 2 rings (SSSR count). The molecule has 0 amide bonds. The van der Waals surface area contributed by atoms with Crippen LogP contribution >= 0.6 is 0 Å². The Morgan fingerprint density at radius 2 is 1.12 bits per heavy atom. The van der Waals surface area contributed by atoms with Crippen LogP contribution in [0.3, 0.4) is 0 Å². The quantitative estimate of drug-likeness (QED) is 0.742. The van der Waals surface area contributed by atoms with Gasteiger partial charge >= 0.3 is 0 Å². The Morgan fingerprint density at radius 3 is 1.59 bits per heavy atom. The topological polar surface area (TPSA) is 60.7 Å². The maximum absolute atomic E-state index is 9.10. The van der Waals surface area contributed by atoms with E-state index in [4.69, 9.17) is 15.3 Å². The average molecular weight is 232 g/mol. The summed E-state index contributed by atoms with van der Waals surface area (Å²) in [5, 5.41) is 24.4. The number of hydrogen-bond acceptors (Lipinski definition) is 3. The molecule has 0 atom stereocenters. The van der Waals surface area contributed by atoms with Crippen LogP contribution in [0, 0.1) is 0 Å². The number of aromatic hydroxyl groups is 1. The molecule has 0 heterocycles. The van der Waals surface area contributed by atoms with Crippen LogP contribution in [-0.2, 0) is 0 Å². The molecule has 0 radical (unpaired) electrons. The molecular formula is C14H16O3. The number of aliphatic hydroxyl groups excluding tert-OH is 2. The number of phenols is 1. The van der Waals surface area contributed by atoms with Crippen molar-refractivity contribution in [3.8, 4) is 16.9 Å². The summed E-state index contributed by atoms with van der Waals surface area (Å²) in [7, 11) is 0. The van der Waals surface area contributed by atoms with Crippen molar-refractivity contribution >= 4 is 0 Å². The zero-order valence-corrected chi connectivity index (χ0v) is 9.45. The van der Waals surface area contributed by atoms with Gasteiger partial charge in [-0.3, -0.25) is 0 Å². The van der Waals surface area contributed by atoms with Gasteiger partial charge in [-0.25, -0.2) is 0 Å². The number of benzene rings is 2. The highest BCUT2D eigenvalue weighted by Crippen LogP contribution is 2.20. The predicted octanol–water partition coefficient (Wildman–Crippen LogP) is 2.03. The number of aliphatic hydroxyl groups is 2. The van der Waals surface area contributed by atoms with E-state index in [-0.39, 0.29) is 13.2 Å². The van der Waals surface area contributed by atoms with E-state index in [1.807, 2.05) is 42.5 Å². The van der Waals surface area contributed by atoms with Gasteiger partial charge in [0.2, 0.25) is 0 Å². The van der Waals surface area contributed by atoms with Gasteiger partial charge < -0.3 is 15.3 Å². The highest BCUT2D eigenvalue weighted by atomic mass is 16.3. The first-order valence-electron chi connectivity index (χ1n) is 5.34. The fourth-order valence-corrected chi connectivity index (χ4v) is 1.28. The third kappa shape index (κ3) is 4.68. The molecule has 0 saturated carbocycles. The highest BCUT2D eigenvalue weighted by molar-refractivity contribution is 5.63. The van der Waals surface area contributed by atoms with Gasteiger partial charge in [-0.15, -0.1) is 0 Å². The lowest BCUT2D eigenvalue weighted by Crippen LogP contribution is -1.85. The minimum absolute atomic E-state index is 0.125. The molecule has 0 fully saturated rings. The lowest BCUT2D eigenvalue weighted by atomic mass is 10.1. The van der Waals surface area contributed by atoms with E-state index in [1.165, 1.54) is 5.56 Å². The summed E-state index contributed by atoms with van der Waals surface area (Å²) in [6, 6.07) is 17.3. The van der Waals surface area contributed by atoms with Gasteiger partial charge in [-0.1, -0.05) is 42.5 Å². The molecule has 2 aromatic rings. The molecular weight excluding hydrogens is 216 g/mol. The van der Waals surface area contributed by atoms with Crippen molar-refractivity contribution in [3.05, 3.63) is 54.6 Å². The Balaban J connectivity index is 0.000000317. The average Bonchev–Trinajstić information content (AvgIpc) is 2.41. The Kier molecular flexibility index (Phi) is 5.79. The van der Waals surface area contributed by atoms with Crippen molar-refractivity contribution < 1.29 is 15.3 Å². The van der Waals surface area contributed by atoms with Gasteiger partial charge in [0.1, 0.15) is 5.75 Å². The molecule has 0 aromatic heterocycles. The molecule has 3 heteroatoms. The maximum Gasteiger partial charge on any atom is 0.115 e. The number of rotatable bonds is 2. The Hall–Kier alpha value is -1.84. The first-order chi connectivity index (χ1) is 8.27. The molecule has 0 spiro atoms. The van der Waals surface area contributed by atoms with Crippen LogP contribution in [0.15, 0.2) is 54.6 Å². The molecule has 0 saturated heterocycles. The summed E-state index contributed by atoms with van der Waals surface area (Å²) in [6.07, 6.45) is 0. The summed E-state index contributed by atoms with van der Waals surface area (Å²) in [6.45, 7) is -0.250. The summed E-state index contributed by atoms with van der Waals surface area (Å²) in [5.41, 5.74) is 2.29. The van der Waals surface area contributed by atoms with E-state index in [0.29, 0.717) is 5.75 Å². The molecule has 0 bridgehead atoms. The maximum atomic E-state index is 9.10. The summed E-state index contributed by atoms with van der Waals surface area (Å²) in [5.74, 6) is 0.305. The summed E-state index contributed by atoms with van der Waals surface area (Å²) in [4.78, 5) is 0. The normalized spacial score (nSPS) is 9.29. The smallest absolute Gasteiger partial charge is 0.115 e. The lowest BCUT2D eigenvalue weighted by Gasteiger charge is -2.00. The Morgan fingerprint density at radius 1 is 0.647 bits per heavy atom. The van der Waals surface area contributed by atoms with Crippen molar-refractivity contribution in [1.29, 1.82) is 0 Å². The molecule has 3 N–H and O–H groups in total. The van der Waals surface area contributed by atoms with Crippen molar-refractivity contribution in [1.82, 2.24) is 0 Å². The van der Waals surface area contributed by atoms with Crippen molar-refractivity contribution in [2.24, 2.45) is 0 Å². The van der Waals surface area contributed by atoms with E-state index in [2.05, 4.69) is 0 Å². The zero-order valence-electron chi connectivity index (χ0n) is 9.45. The van der Waals surface area contributed by atoms with Crippen LogP contribution in [0.25, 0.3) is 11.1 Å². The molecule has 2 aromatic carbocycles. The molecule has 0 aliphatic heterocycles. The van der Waals surface area contributed by atoms with E-state index in [0.717, 1.165) is 5.56 Å². The van der Waals surface area contributed by atoms with Crippen LogP contribution in [0.1, 0.15) is 0 Å². The first kappa shape index (κ1) is 13.2. The molecule has 0 aliphatic carbocycles. The third-order valence-corrected chi connectivity index (χ3v) is 2.07. The second-order valence-electron chi connectivity index (χ2n) is 3.36. The molecule has 3 nitrogen and oxygen atoms in total. The Bertz CT molecular complexity index is 407. The van der Waals surface area contributed by atoms with Gasteiger partial charge in [0, 0.05) is 0 Å². The molecule has 0 aliphatic rings. The highest BCUT2D eigenvalue weighted by Gasteiger charge is 1.94. The first-order valence-corrected chi connectivity index (χ1v) is 5.34. The molecule has 90 valence electrons. The SMILES string of the molecule is OCCO.Oc1ccc(-c2ccccc2)cc1. The summed E-state index contributed by atoms with van der Waals surface area (Å²) < 4.78 is 0. The fraction of sp³-hybridized carbons (Fsp3) is 0.143. The van der Waals surface area contributed by atoms with Gasteiger partial charge in [0.05, 0.1) is 13.2 Å². The van der Waals surface area contributed by atoms with Crippen LogP contribution in [0.4, 0.5) is 0 Å². The number of phenolic OH excluding ortho intramolecular Hbond substituents is 1. The molecule has 17 heavy (non-hydrogen) atoms. The lowest BCUT2D eigenvalue weighted by molar-refractivity contribution is 0.186. The minimum Gasteiger partial charge on any atom is -0.508 e. The third-order valence-electron chi connectivity index (χ3n) is 2.07. The predicted molar refractivity (Wildman–Crippen MR) is 67.7 cm³/mol. The van der Waals surface area contributed by atoms with Crippen molar-refractivity contribution in [3.63, 3.8) is 0 Å². The minimum atomic E-state index is -0.125. The van der Waals surface area contributed by atoms with Crippen LogP contribution < -0.4 is 0 Å². The van der Waals surface area contributed by atoms with Crippen LogP contribution in [-0.4, -0.2) is 28.5 Å². The Labute approximate surface area is 101 Å². The fourth-order valence-electron chi connectivity index (χ4n) is 1.28. The summed E-state index contributed by atoms with van der Waals surface area (Å²) >= 11 is 0. The second kappa shape index (κ2) is 7.44. The van der Waals surface area contributed by atoms with Gasteiger partial charge in [0.15, 0.2) is 0 Å². The van der Waals surface area contributed by atoms with Gasteiger partial charge in [-0.2, -0.15) is 0 Å². The van der Waals surface area contributed by atoms with Crippen molar-refractivity contribution in [2.45, 2.75) is 0 Å². The second-order valence-corrected chi connectivity index (χ2v) is 3.36. The monoisotopic (exact) mass is 232 g/mol. The number of hydrogen-bond donors (Lipinski definition) is 3. The van der Waals surface area contributed by atoms with Crippen molar-refractivity contribution in [2.75, 3.05) is 13.2 Å². The largest absolute Gasteiger partial charge is 0.508 e.